The van der Waals surface area contributed by atoms with E-state index in [4.69, 9.17) is 4.74 Å². The summed E-state index contributed by atoms with van der Waals surface area (Å²) >= 11 is 0. The van der Waals surface area contributed by atoms with Crippen LogP contribution in [0.3, 0.4) is 0 Å². The number of hydrogen-bond acceptors (Lipinski definition) is 5. The first-order chi connectivity index (χ1) is 8.70. The van der Waals surface area contributed by atoms with Gasteiger partial charge in [0.15, 0.2) is 0 Å². The van der Waals surface area contributed by atoms with Crippen molar-refractivity contribution in [1.29, 1.82) is 0 Å². The number of hydrogen-bond donors (Lipinski definition) is 2. The molecular weight excluding hydrogens is 236 g/mol. The van der Waals surface area contributed by atoms with Crippen molar-refractivity contribution < 1.29 is 9.66 Å². The number of rotatable bonds is 5. The van der Waals surface area contributed by atoms with Crippen molar-refractivity contribution in [3.05, 3.63) is 46.3 Å². The molecular formula is C11H12N4O3. The van der Waals surface area contributed by atoms with Crippen molar-refractivity contribution in [2.75, 3.05) is 12.4 Å². The summed E-state index contributed by atoms with van der Waals surface area (Å²) in [5, 5.41) is 20.5. The van der Waals surface area contributed by atoms with Gasteiger partial charge in [0.05, 0.1) is 30.3 Å². The molecule has 0 saturated heterocycles. The molecule has 0 aliphatic heterocycles. The van der Waals surface area contributed by atoms with Gasteiger partial charge in [-0.3, -0.25) is 15.2 Å². The summed E-state index contributed by atoms with van der Waals surface area (Å²) in [4.78, 5) is 10.5. The number of benzene rings is 1. The average Bonchev–Trinajstić information content (AvgIpc) is 2.89. The molecule has 7 heteroatoms. The van der Waals surface area contributed by atoms with Crippen molar-refractivity contribution in [3.63, 3.8) is 0 Å². The maximum absolute atomic E-state index is 10.9. The SMILES string of the molecule is COc1ccc(NCc2ccn[nH]2)c([N+](=O)[O-])c1. The second-order valence-corrected chi connectivity index (χ2v) is 3.58. The summed E-state index contributed by atoms with van der Waals surface area (Å²) in [7, 11) is 1.47. The summed E-state index contributed by atoms with van der Waals surface area (Å²) in [5.41, 5.74) is 1.27. The minimum Gasteiger partial charge on any atom is -0.496 e. The van der Waals surface area contributed by atoms with Crippen LogP contribution in [0.2, 0.25) is 0 Å². The second-order valence-electron chi connectivity index (χ2n) is 3.58. The molecule has 1 aromatic carbocycles. The molecule has 18 heavy (non-hydrogen) atoms. The molecule has 1 heterocycles. The normalized spacial score (nSPS) is 10.1. The van der Waals surface area contributed by atoms with E-state index in [9.17, 15) is 10.1 Å². The summed E-state index contributed by atoms with van der Waals surface area (Å²) < 4.78 is 4.96. The van der Waals surface area contributed by atoms with Crippen LogP contribution in [0.5, 0.6) is 5.75 Å². The molecule has 2 rings (SSSR count). The van der Waals surface area contributed by atoms with Gasteiger partial charge in [-0.05, 0) is 18.2 Å². The standard InChI is InChI=1S/C11H12N4O3/c1-18-9-2-3-10(11(6-9)15(16)17)12-7-8-4-5-13-14-8/h2-6,12H,7H2,1H3,(H,13,14). The number of aromatic amines is 1. The second kappa shape index (κ2) is 5.17. The Balaban J connectivity index is 2.18. The Kier molecular flexibility index (Phi) is 3.42. The van der Waals surface area contributed by atoms with Crippen molar-refractivity contribution in [2.24, 2.45) is 0 Å². The van der Waals surface area contributed by atoms with Gasteiger partial charge in [0.2, 0.25) is 0 Å². The predicted molar refractivity (Wildman–Crippen MR) is 65.6 cm³/mol. The average molecular weight is 248 g/mol. The fourth-order valence-corrected chi connectivity index (χ4v) is 1.51. The quantitative estimate of drug-likeness (QED) is 0.623. The van der Waals surface area contributed by atoms with E-state index in [0.717, 1.165) is 5.69 Å². The molecule has 0 saturated carbocycles. The Morgan fingerprint density at radius 3 is 2.94 bits per heavy atom. The molecule has 0 atom stereocenters. The summed E-state index contributed by atoms with van der Waals surface area (Å²) in [6.07, 6.45) is 1.62. The minimum absolute atomic E-state index is 0.0196. The number of nitro groups is 1. The lowest BCUT2D eigenvalue weighted by atomic mass is 10.2. The van der Waals surface area contributed by atoms with Crippen molar-refractivity contribution in [3.8, 4) is 5.75 Å². The van der Waals surface area contributed by atoms with Crippen LogP contribution in [-0.4, -0.2) is 22.2 Å². The van der Waals surface area contributed by atoms with Crippen LogP contribution in [0.25, 0.3) is 0 Å². The van der Waals surface area contributed by atoms with Crippen LogP contribution in [0, 0.1) is 10.1 Å². The van der Waals surface area contributed by atoms with Crippen molar-refractivity contribution >= 4 is 11.4 Å². The number of nitrogens with one attached hydrogen (secondary N) is 2. The number of ether oxygens (including phenoxy) is 1. The summed E-state index contributed by atoms with van der Waals surface area (Å²) in [5.74, 6) is 0.453. The maximum Gasteiger partial charge on any atom is 0.296 e. The van der Waals surface area contributed by atoms with Crippen LogP contribution >= 0.6 is 0 Å². The van der Waals surface area contributed by atoms with Gasteiger partial charge in [-0.1, -0.05) is 0 Å². The Morgan fingerprint density at radius 1 is 1.50 bits per heavy atom. The largest absolute Gasteiger partial charge is 0.496 e. The van der Waals surface area contributed by atoms with E-state index in [2.05, 4.69) is 15.5 Å². The van der Waals surface area contributed by atoms with Gasteiger partial charge in [0.1, 0.15) is 11.4 Å². The Morgan fingerprint density at radius 2 is 2.33 bits per heavy atom. The molecule has 0 spiro atoms. The predicted octanol–water partition coefficient (Wildman–Crippen LogP) is 1.94. The number of anilines is 1. The number of nitro benzene ring substituents is 1. The monoisotopic (exact) mass is 248 g/mol. The third-order valence-corrected chi connectivity index (χ3v) is 2.43. The molecule has 0 aliphatic carbocycles. The van der Waals surface area contributed by atoms with Crippen LogP contribution in [0.1, 0.15) is 5.69 Å². The highest BCUT2D eigenvalue weighted by Crippen LogP contribution is 2.29. The molecule has 0 radical (unpaired) electrons. The highest BCUT2D eigenvalue weighted by atomic mass is 16.6. The Hall–Kier alpha value is -2.57. The molecule has 94 valence electrons. The van der Waals surface area contributed by atoms with Gasteiger partial charge < -0.3 is 10.1 Å². The van der Waals surface area contributed by atoms with Crippen LogP contribution in [-0.2, 0) is 6.54 Å². The molecule has 7 nitrogen and oxygen atoms in total. The minimum atomic E-state index is -0.447. The molecule has 0 bridgehead atoms. The Labute approximate surface area is 103 Å². The van der Waals surface area contributed by atoms with Crippen LogP contribution in [0.4, 0.5) is 11.4 Å². The third-order valence-electron chi connectivity index (χ3n) is 2.43. The summed E-state index contributed by atoms with van der Waals surface area (Å²) in [6, 6.07) is 6.47. The molecule has 0 amide bonds. The highest BCUT2D eigenvalue weighted by molar-refractivity contribution is 5.63. The van der Waals surface area contributed by atoms with E-state index in [0.29, 0.717) is 18.0 Å². The van der Waals surface area contributed by atoms with Crippen molar-refractivity contribution in [1.82, 2.24) is 10.2 Å². The smallest absolute Gasteiger partial charge is 0.296 e. The van der Waals surface area contributed by atoms with E-state index >= 15 is 0 Å². The lowest BCUT2D eigenvalue weighted by Gasteiger charge is -2.07. The molecule has 1 aromatic heterocycles. The first kappa shape index (κ1) is 11.9. The topological polar surface area (TPSA) is 93.1 Å². The molecule has 0 aliphatic rings. The van der Waals surface area contributed by atoms with E-state index < -0.39 is 4.92 Å². The molecule has 0 fully saturated rings. The van der Waals surface area contributed by atoms with Gasteiger partial charge in [-0.2, -0.15) is 5.10 Å². The van der Waals surface area contributed by atoms with E-state index in [1.165, 1.54) is 13.2 Å². The zero-order valence-electron chi connectivity index (χ0n) is 9.71. The van der Waals surface area contributed by atoms with Gasteiger partial charge in [0, 0.05) is 6.20 Å². The number of nitrogens with zero attached hydrogens (tertiary/aromatic N) is 2. The highest BCUT2D eigenvalue weighted by Gasteiger charge is 2.14. The lowest BCUT2D eigenvalue weighted by molar-refractivity contribution is -0.384. The fourth-order valence-electron chi connectivity index (χ4n) is 1.51. The number of H-pyrrole nitrogens is 1. The molecule has 2 aromatic rings. The lowest BCUT2D eigenvalue weighted by Crippen LogP contribution is -2.03. The molecule has 0 unspecified atom stereocenters. The van der Waals surface area contributed by atoms with Gasteiger partial charge in [-0.15, -0.1) is 0 Å². The maximum atomic E-state index is 10.9. The first-order valence-corrected chi connectivity index (χ1v) is 5.25. The van der Waals surface area contributed by atoms with Crippen LogP contribution in [0.15, 0.2) is 30.5 Å². The van der Waals surface area contributed by atoms with Gasteiger partial charge in [-0.25, -0.2) is 0 Å². The molecule has 2 N–H and O–H groups in total. The fraction of sp³-hybridized carbons (Fsp3) is 0.182. The Bertz CT molecular complexity index is 539. The summed E-state index contributed by atoms with van der Waals surface area (Å²) in [6.45, 7) is 0.438. The van der Waals surface area contributed by atoms with Gasteiger partial charge in [0.25, 0.3) is 5.69 Å². The van der Waals surface area contributed by atoms with E-state index in [1.54, 1.807) is 24.4 Å². The van der Waals surface area contributed by atoms with Crippen molar-refractivity contribution in [2.45, 2.75) is 6.54 Å². The number of methoxy groups -OCH3 is 1. The zero-order chi connectivity index (χ0) is 13.0. The zero-order valence-corrected chi connectivity index (χ0v) is 9.71. The van der Waals surface area contributed by atoms with Crippen LogP contribution < -0.4 is 10.1 Å². The van der Waals surface area contributed by atoms with E-state index in [-0.39, 0.29) is 5.69 Å². The third kappa shape index (κ3) is 2.57. The van der Waals surface area contributed by atoms with Gasteiger partial charge >= 0.3 is 0 Å². The number of aromatic nitrogens is 2. The first-order valence-electron chi connectivity index (χ1n) is 5.25. The van der Waals surface area contributed by atoms with E-state index in [1.807, 2.05) is 0 Å².